The largest absolute Gasteiger partial charge is 0.336 e. The Morgan fingerprint density at radius 2 is 1.63 bits per heavy atom. The summed E-state index contributed by atoms with van der Waals surface area (Å²) in [7, 11) is 0. The Morgan fingerprint density at radius 3 is 2.37 bits per heavy atom. The molecule has 0 saturated heterocycles. The van der Waals surface area contributed by atoms with E-state index in [1.165, 1.54) is 4.57 Å². The minimum atomic E-state index is -0.572. The molecule has 0 aliphatic heterocycles. The van der Waals surface area contributed by atoms with Gasteiger partial charge in [0, 0.05) is 34.6 Å². The first-order chi connectivity index (χ1) is 14.5. The summed E-state index contributed by atoms with van der Waals surface area (Å²) in [6.45, 7) is 2.32. The number of amides is 3. The van der Waals surface area contributed by atoms with Crippen LogP contribution in [0.5, 0.6) is 0 Å². The Balaban J connectivity index is 1.42. The van der Waals surface area contributed by atoms with Crippen molar-refractivity contribution in [3.63, 3.8) is 0 Å². The number of hydrogen-bond acceptors (Lipinski definition) is 4. The Bertz CT molecular complexity index is 1060. The number of benzene rings is 2. The molecule has 154 valence electrons. The lowest BCUT2D eigenvalue weighted by molar-refractivity contribution is -0.119. The predicted octanol–water partition coefficient (Wildman–Crippen LogP) is 3.38. The van der Waals surface area contributed by atoms with E-state index in [9.17, 15) is 14.4 Å². The second-order valence-corrected chi connectivity index (χ2v) is 7.88. The van der Waals surface area contributed by atoms with Gasteiger partial charge in [-0.25, -0.2) is 4.79 Å². The molecule has 0 atom stereocenters. The molecule has 0 spiro atoms. The Kier molecular flexibility index (Phi) is 7.45. The van der Waals surface area contributed by atoms with Crippen LogP contribution in [-0.2, 0) is 17.8 Å². The molecule has 2 N–H and O–H groups in total. The number of urea groups is 1. The molecule has 3 aromatic rings. The van der Waals surface area contributed by atoms with Gasteiger partial charge in [0.1, 0.15) is 0 Å². The molecule has 3 amide bonds. The molecule has 0 saturated carbocycles. The average Bonchev–Trinajstić information content (AvgIpc) is 2.73. The van der Waals surface area contributed by atoms with Crippen molar-refractivity contribution in [1.82, 2.24) is 15.2 Å². The number of aryl methyl sites for hydroxylation is 1. The molecule has 30 heavy (non-hydrogen) atoms. The third kappa shape index (κ3) is 6.35. The number of hydrogen-bond donors (Lipinski definition) is 2. The summed E-state index contributed by atoms with van der Waals surface area (Å²) in [5.41, 5.74) is 1.37. The number of pyridine rings is 1. The lowest BCUT2D eigenvalue weighted by atomic mass is 10.1. The first-order valence-corrected chi connectivity index (χ1v) is 10.4. The van der Waals surface area contributed by atoms with Gasteiger partial charge in [0.25, 0.3) is 5.56 Å². The number of carbonyl (C=O) groups is 2. The van der Waals surface area contributed by atoms with E-state index in [4.69, 9.17) is 0 Å². The SMILES string of the molecule is Cc1cccn(CCNC(=O)NC(=O)Cc2ccc(Sc3ccccc3)cc2)c1=O. The van der Waals surface area contributed by atoms with Crippen molar-refractivity contribution >= 4 is 23.7 Å². The molecule has 1 heterocycles. The van der Waals surface area contributed by atoms with E-state index < -0.39 is 6.03 Å². The van der Waals surface area contributed by atoms with Gasteiger partial charge in [-0.3, -0.25) is 14.9 Å². The topological polar surface area (TPSA) is 80.2 Å². The maximum Gasteiger partial charge on any atom is 0.321 e. The fourth-order valence-corrected chi connectivity index (χ4v) is 3.66. The molecule has 0 bridgehead atoms. The number of nitrogens with zero attached hydrogens (tertiary/aromatic N) is 1. The van der Waals surface area contributed by atoms with Crippen LogP contribution < -0.4 is 16.2 Å². The smallest absolute Gasteiger partial charge is 0.321 e. The summed E-state index contributed by atoms with van der Waals surface area (Å²) in [5.74, 6) is -0.385. The molecule has 0 unspecified atom stereocenters. The van der Waals surface area contributed by atoms with Gasteiger partial charge >= 0.3 is 6.03 Å². The number of nitrogens with one attached hydrogen (secondary N) is 2. The summed E-state index contributed by atoms with van der Waals surface area (Å²) in [6, 6.07) is 20.7. The van der Waals surface area contributed by atoms with Gasteiger partial charge in [-0.15, -0.1) is 0 Å². The Labute approximate surface area is 179 Å². The lowest BCUT2D eigenvalue weighted by Gasteiger charge is -2.09. The zero-order valence-corrected chi connectivity index (χ0v) is 17.4. The summed E-state index contributed by atoms with van der Waals surface area (Å²) >= 11 is 1.65. The standard InChI is InChI=1S/C23H23N3O3S/c1-17-6-5-14-26(22(17)28)15-13-24-23(29)25-21(27)16-18-9-11-20(12-10-18)30-19-7-3-2-4-8-19/h2-12,14H,13,15-16H2,1H3,(H2,24,25,27,29). The quantitative estimate of drug-likeness (QED) is 0.613. The van der Waals surface area contributed by atoms with Crippen LogP contribution in [-0.4, -0.2) is 23.1 Å². The van der Waals surface area contributed by atoms with E-state index in [0.717, 1.165) is 15.4 Å². The normalized spacial score (nSPS) is 10.4. The van der Waals surface area contributed by atoms with Crippen LogP contribution in [0.15, 0.2) is 87.5 Å². The predicted molar refractivity (Wildman–Crippen MR) is 118 cm³/mol. The zero-order valence-electron chi connectivity index (χ0n) is 16.6. The van der Waals surface area contributed by atoms with Crippen molar-refractivity contribution in [1.29, 1.82) is 0 Å². The second-order valence-electron chi connectivity index (χ2n) is 6.73. The summed E-state index contributed by atoms with van der Waals surface area (Å²) in [6.07, 6.45) is 1.78. The fourth-order valence-electron chi connectivity index (χ4n) is 2.82. The minimum absolute atomic E-state index is 0.0929. The highest BCUT2D eigenvalue weighted by Gasteiger charge is 2.09. The van der Waals surface area contributed by atoms with Crippen molar-refractivity contribution in [2.75, 3.05) is 6.54 Å². The van der Waals surface area contributed by atoms with Crippen LogP contribution in [0.2, 0.25) is 0 Å². The van der Waals surface area contributed by atoms with Crippen LogP contribution in [0.25, 0.3) is 0 Å². The van der Waals surface area contributed by atoms with Crippen molar-refractivity contribution in [3.8, 4) is 0 Å². The van der Waals surface area contributed by atoms with E-state index in [0.29, 0.717) is 12.1 Å². The molecule has 3 rings (SSSR count). The Hall–Kier alpha value is -3.32. The molecule has 6 nitrogen and oxygen atoms in total. The average molecular weight is 422 g/mol. The third-order valence-electron chi connectivity index (χ3n) is 4.37. The van der Waals surface area contributed by atoms with Gasteiger partial charge in [0.15, 0.2) is 0 Å². The van der Waals surface area contributed by atoms with E-state index in [-0.39, 0.29) is 24.4 Å². The fraction of sp³-hybridized carbons (Fsp3) is 0.174. The monoisotopic (exact) mass is 421 g/mol. The first-order valence-electron chi connectivity index (χ1n) is 9.57. The van der Waals surface area contributed by atoms with E-state index in [1.54, 1.807) is 37.0 Å². The minimum Gasteiger partial charge on any atom is -0.336 e. The summed E-state index contributed by atoms with van der Waals surface area (Å²) in [5, 5.41) is 4.91. The van der Waals surface area contributed by atoms with Crippen LogP contribution in [0.1, 0.15) is 11.1 Å². The lowest BCUT2D eigenvalue weighted by Crippen LogP contribution is -2.42. The maximum atomic E-state index is 12.1. The van der Waals surface area contributed by atoms with Crippen LogP contribution >= 0.6 is 11.8 Å². The van der Waals surface area contributed by atoms with Crippen LogP contribution in [0.4, 0.5) is 4.79 Å². The highest BCUT2D eigenvalue weighted by Crippen LogP contribution is 2.27. The zero-order chi connectivity index (χ0) is 21.3. The summed E-state index contributed by atoms with van der Waals surface area (Å²) < 4.78 is 1.52. The number of aromatic nitrogens is 1. The van der Waals surface area contributed by atoms with Crippen molar-refractivity contribution in [2.24, 2.45) is 0 Å². The van der Waals surface area contributed by atoms with Crippen LogP contribution in [0.3, 0.4) is 0 Å². The van der Waals surface area contributed by atoms with Gasteiger partial charge < -0.3 is 9.88 Å². The van der Waals surface area contributed by atoms with Gasteiger partial charge in [-0.2, -0.15) is 0 Å². The third-order valence-corrected chi connectivity index (χ3v) is 5.38. The highest BCUT2D eigenvalue weighted by molar-refractivity contribution is 7.99. The number of rotatable bonds is 7. The van der Waals surface area contributed by atoms with E-state index >= 15 is 0 Å². The molecule has 7 heteroatoms. The summed E-state index contributed by atoms with van der Waals surface area (Å²) in [4.78, 5) is 38.2. The van der Waals surface area contributed by atoms with E-state index in [2.05, 4.69) is 10.6 Å². The molecular formula is C23H23N3O3S. The van der Waals surface area contributed by atoms with Crippen molar-refractivity contribution in [2.45, 2.75) is 29.7 Å². The molecule has 0 aliphatic rings. The molecule has 0 fully saturated rings. The molecule has 1 aromatic heterocycles. The van der Waals surface area contributed by atoms with E-state index in [1.807, 2.05) is 54.6 Å². The van der Waals surface area contributed by atoms with Crippen molar-refractivity contribution < 1.29 is 9.59 Å². The van der Waals surface area contributed by atoms with Crippen molar-refractivity contribution in [3.05, 3.63) is 94.4 Å². The van der Waals surface area contributed by atoms with Gasteiger partial charge in [-0.05, 0) is 42.8 Å². The highest BCUT2D eigenvalue weighted by atomic mass is 32.2. The molecule has 2 aromatic carbocycles. The number of imide groups is 1. The number of carbonyl (C=O) groups excluding carboxylic acids is 2. The van der Waals surface area contributed by atoms with Crippen LogP contribution in [0, 0.1) is 6.92 Å². The van der Waals surface area contributed by atoms with Gasteiger partial charge in [-0.1, -0.05) is 48.2 Å². The van der Waals surface area contributed by atoms with Gasteiger partial charge in [0.05, 0.1) is 6.42 Å². The second kappa shape index (κ2) is 10.5. The first kappa shape index (κ1) is 21.4. The molecular weight excluding hydrogens is 398 g/mol. The van der Waals surface area contributed by atoms with Gasteiger partial charge in [0.2, 0.25) is 5.91 Å². The Morgan fingerprint density at radius 1 is 0.933 bits per heavy atom. The molecule has 0 aliphatic carbocycles. The maximum absolute atomic E-state index is 12.1. The molecule has 0 radical (unpaired) electrons.